The molecule has 0 aromatic carbocycles. The van der Waals surface area contributed by atoms with Crippen molar-refractivity contribution in [2.24, 2.45) is 10.9 Å². The zero-order valence-corrected chi connectivity index (χ0v) is 15.3. The van der Waals surface area contributed by atoms with Gasteiger partial charge in [0.2, 0.25) is 0 Å². The van der Waals surface area contributed by atoms with E-state index in [-0.39, 0.29) is 0 Å². The van der Waals surface area contributed by atoms with Crippen LogP contribution in [0.1, 0.15) is 29.4 Å². The standard InChI is InChI=1S/C16H29N5S/c1-12(2)11-20-6-8-21(9-7-20)16(17-5)18-10-15-13(3)19-14(4)22-15/h12H,6-11H2,1-5H3,(H,17,18). The van der Waals surface area contributed by atoms with Gasteiger partial charge in [-0.15, -0.1) is 11.3 Å². The van der Waals surface area contributed by atoms with E-state index in [1.54, 1.807) is 11.3 Å². The molecule has 6 heteroatoms. The number of thiazole rings is 1. The molecule has 0 unspecified atom stereocenters. The van der Waals surface area contributed by atoms with Gasteiger partial charge in [0.25, 0.3) is 0 Å². The topological polar surface area (TPSA) is 43.8 Å². The van der Waals surface area contributed by atoms with Crippen molar-refractivity contribution in [2.75, 3.05) is 39.8 Å². The maximum Gasteiger partial charge on any atom is 0.194 e. The highest BCUT2D eigenvalue weighted by molar-refractivity contribution is 7.11. The molecule has 0 aliphatic carbocycles. The van der Waals surface area contributed by atoms with Gasteiger partial charge in [0, 0.05) is 44.6 Å². The number of piperazine rings is 1. The summed E-state index contributed by atoms with van der Waals surface area (Å²) in [7, 11) is 1.87. The molecule has 0 amide bonds. The highest BCUT2D eigenvalue weighted by Gasteiger charge is 2.20. The van der Waals surface area contributed by atoms with Crippen LogP contribution in [-0.4, -0.2) is 60.5 Å². The second-order valence-corrected chi connectivity index (χ2v) is 7.61. The molecule has 2 rings (SSSR count). The Kier molecular flexibility index (Phi) is 6.20. The predicted molar refractivity (Wildman–Crippen MR) is 94.6 cm³/mol. The first-order chi connectivity index (χ1) is 10.5. The molecule has 2 heterocycles. The Labute approximate surface area is 138 Å². The van der Waals surface area contributed by atoms with E-state index >= 15 is 0 Å². The lowest BCUT2D eigenvalue weighted by Gasteiger charge is -2.37. The number of nitrogens with zero attached hydrogens (tertiary/aromatic N) is 4. The molecule has 0 saturated carbocycles. The van der Waals surface area contributed by atoms with Crippen molar-refractivity contribution < 1.29 is 0 Å². The number of nitrogens with one attached hydrogen (secondary N) is 1. The Bertz CT molecular complexity index is 501. The molecule has 1 aliphatic rings. The fraction of sp³-hybridized carbons (Fsp3) is 0.750. The van der Waals surface area contributed by atoms with Crippen LogP contribution in [0.3, 0.4) is 0 Å². The van der Waals surface area contributed by atoms with Gasteiger partial charge in [-0.3, -0.25) is 9.89 Å². The van der Waals surface area contributed by atoms with Crippen LogP contribution in [0.4, 0.5) is 0 Å². The fourth-order valence-corrected chi connectivity index (χ4v) is 3.76. The average molecular weight is 324 g/mol. The molecule has 5 nitrogen and oxygen atoms in total. The normalized spacial score (nSPS) is 17.4. The van der Waals surface area contributed by atoms with E-state index < -0.39 is 0 Å². The fourth-order valence-electron chi connectivity index (χ4n) is 2.89. The van der Waals surface area contributed by atoms with Crippen LogP contribution in [-0.2, 0) is 6.54 Å². The lowest BCUT2D eigenvalue weighted by Crippen LogP contribution is -2.52. The zero-order chi connectivity index (χ0) is 16.1. The number of aromatic nitrogens is 1. The summed E-state index contributed by atoms with van der Waals surface area (Å²) >= 11 is 1.77. The minimum Gasteiger partial charge on any atom is -0.351 e. The molecular formula is C16H29N5S. The molecule has 22 heavy (non-hydrogen) atoms. The second kappa shape index (κ2) is 7.92. The maximum atomic E-state index is 4.48. The smallest absolute Gasteiger partial charge is 0.194 e. The van der Waals surface area contributed by atoms with Gasteiger partial charge in [-0.1, -0.05) is 13.8 Å². The monoisotopic (exact) mass is 323 g/mol. The molecule has 0 bridgehead atoms. The Balaban J connectivity index is 1.84. The quantitative estimate of drug-likeness (QED) is 0.681. The molecule has 0 radical (unpaired) electrons. The minimum atomic E-state index is 0.738. The van der Waals surface area contributed by atoms with Crippen LogP contribution in [0.15, 0.2) is 4.99 Å². The van der Waals surface area contributed by atoms with Crippen LogP contribution in [0, 0.1) is 19.8 Å². The first kappa shape index (κ1) is 17.2. The van der Waals surface area contributed by atoms with Gasteiger partial charge in [-0.2, -0.15) is 0 Å². The minimum absolute atomic E-state index is 0.738. The van der Waals surface area contributed by atoms with Crippen molar-refractivity contribution in [1.29, 1.82) is 0 Å². The van der Waals surface area contributed by atoms with Gasteiger partial charge in [0.15, 0.2) is 5.96 Å². The molecule has 1 N–H and O–H groups in total. The Morgan fingerprint density at radius 2 is 1.95 bits per heavy atom. The highest BCUT2D eigenvalue weighted by Crippen LogP contribution is 2.16. The Morgan fingerprint density at radius 1 is 1.27 bits per heavy atom. The first-order valence-electron chi connectivity index (χ1n) is 8.10. The zero-order valence-electron chi connectivity index (χ0n) is 14.5. The summed E-state index contributed by atoms with van der Waals surface area (Å²) in [4.78, 5) is 15.1. The van der Waals surface area contributed by atoms with E-state index in [0.717, 1.165) is 55.3 Å². The van der Waals surface area contributed by atoms with Crippen LogP contribution in [0.2, 0.25) is 0 Å². The number of guanidine groups is 1. The van der Waals surface area contributed by atoms with E-state index in [1.807, 2.05) is 7.05 Å². The van der Waals surface area contributed by atoms with Crippen LogP contribution >= 0.6 is 11.3 Å². The molecule has 1 aromatic rings. The highest BCUT2D eigenvalue weighted by atomic mass is 32.1. The number of hydrogen-bond donors (Lipinski definition) is 1. The van der Waals surface area contributed by atoms with E-state index in [0.29, 0.717) is 0 Å². The number of hydrogen-bond acceptors (Lipinski definition) is 4. The van der Waals surface area contributed by atoms with Crippen LogP contribution in [0.25, 0.3) is 0 Å². The largest absolute Gasteiger partial charge is 0.351 e. The Hall–Kier alpha value is -1.14. The third kappa shape index (κ3) is 4.68. The first-order valence-corrected chi connectivity index (χ1v) is 8.92. The van der Waals surface area contributed by atoms with Gasteiger partial charge >= 0.3 is 0 Å². The van der Waals surface area contributed by atoms with Crippen molar-refractivity contribution >= 4 is 17.3 Å². The van der Waals surface area contributed by atoms with Gasteiger partial charge in [0.05, 0.1) is 17.2 Å². The molecule has 0 spiro atoms. The third-order valence-electron chi connectivity index (χ3n) is 3.91. The molecule has 1 aromatic heterocycles. The number of aryl methyl sites for hydroxylation is 2. The van der Waals surface area contributed by atoms with Crippen molar-refractivity contribution in [2.45, 2.75) is 34.2 Å². The van der Waals surface area contributed by atoms with Crippen LogP contribution in [0.5, 0.6) is 0 Å². The lowest BCUT2D eigenvalue weighted by molar-refractivity contribution is 0.164. The summed E-state index contributed by atoms with van der Waals surface area (Å²) in [6, 6.07) is 0. The Morgan fingerprint density at radius 3 is 2.45 bits per heavy atom. The van der Waals surface area contributed by atoms with Crippen molar-refractivity contribution in [3.05, 3.63) is 15.6 Å². The SMILES string of the molecule is CN=C(NCc1sc(C)nc1C)N1CCN(CC(C)C)CC1. The van der Waals surface area contributed by atoms with E-state index in [1.165, 1.54) is 11.4 Å². The molecule has 1 aliphatic heterocycles. The average Bonchev–Trinajstić information content (AvgIpc) is 2.79. The summed E-state index contributed by atoms with van der Waals surface area (Å²) in [5.74, 6) is 1.75. The molecule has 1 fully saturated rings. The maximum absolute atomic E-state index is 4.48. The van der Waals surface area contributed by atoms with Crippen molar-refractivity contribution in [3.8, 4) is 0 Å². The van der Waals surface area contributed by atoms with Crippen molar-refractivity contribution in [3.63, 3.8) is 0 Å². The predicted octanol–water partition coefficient (Wildman–Crippen LogP) is 2.11. The second-order valence-electron chi connectivity index (χ2n) is 6.32. The summed E-state index contributed by atoms with van der Waals surface area (Å²) in [6.45, 7) is 15.1. The number of rotatable bonds is 4. The van der Waals surface area contributed by atoms with Crippen LogP contribution < -0.4 is 5.32 Å². The molecule has 1 saturated heterocycles. The van der Waals surface area contributed by atoms with E-state index in [4.69, 9.17) is 0 Å². The lowest BCUT2D eigenvalue weighted by atomic mass is 10.2. The van der Waals surface area contributed by atoms with E-state index in [2.05, 4.69) is 52.8 Å². The molecule has 124 valence electrons. The summed E-state index contributed by atoms with van der Waals surface area (Å²) in [5.41, 5.74) is 1.13. The van der Waals surface area contributed by atoms with Gasteiger partial charge in [-0.05, 0) is 19.8 Å². The van der Waals surface area contributed by atoms with Gasteiger partial charge in [-0.25, -0.2) is 4.98 Å². The molecule has 0 atom stereocenters. The number of aliphatic imine (C=N–C) groups is 1. The van der Waals surface area contributed by atoms with Crippen molar-refractivity contribution in [1.82, 2.24) is 20.1 Å². The molecular weight excluding hydrogens is 294 g/mol. The van der Waals surface area contributed by atoms with Gasteiger partial charge < -0.3 is 10.2 Å². The summed E-state index contributed by atoms with van der Waals surface area (Å²) in [6.07, 6.45) is 0. The third-order valence-corrected chi connectivity index (χ3v) is 4.99. The van der Waals surface area contributed by atoms with Gasteiger partial charge in [0.1, 0.15) is 0 Å². The summed E-state index contributed by atoms with van der Waals surface area (Å²) in [5, 5.41) is 4.62. The van der Waals surface area contributed by atoms with E-state index in [9.17, 15) is 0 Å². The summed E-state index contributed by atoms with van der Waals surface area (Å²) < 4.78 is 0.